The van der Waals surface area contributed by atoms with E-state index in [1.54, 1.807) is 22.9 Å². The number of aliphatic hydroxyl groups is 1. The van der Waals surface area contributed by atoms with E-state index in [1.165, 1.54) is 10.6 Å². The number of hydrogen-bond acceptors (Lipinski definition) is 6. The van der Waals surface area contributed by atoms with E-state index in [2.05, 4.69) is 17.2 Å². The number of aromatic nitrogens is 2. The Kier molecular flexibility index (Phi) is 10.5. The SMILES string of the molecule is CS(=O)(=O)N1CCc2c(c(-c3ccc(Cl)c(C#Cc4ccc(Cl)cc4)c3)nn2C[C@@H](O)C[N+]2(C(=O)O)CCC(C3CCNCC3)CC2)C1. The normalized spacial score (nSPS) is 22.8. The molecule has 13 heteroatoms. The summed E-state index contributed by atoms with van der Waals surface area (Å²) >= 11 is 12.5. The van der Waals surface area contributed by atoms with Gasteiger partial charge in [0.05, 0.1) is 36.6 Å². The van der Waals surface area contributed by atoms with Gasteiger partial charge in [0.25, 0.3) is 0 Å². The highest BCUT2D eigenvalue weighted by Crippen LogP contribution is 2.35. The van der Waals surface area contributed by atoms with Gasteiger partial charge < -0.3 is 15.5 Å². The lowest BCUT2D eigenvalue weighted by molar-refractivity contribution is -0.867. The highest BCUT2D eigenvalue weighted by Gasteiger charge is 2.44. The van der Waals surface area contributed by atoms with Crippen molar-refractivity contribution in [1.29, 1.82) is 0 Å². The molecule has 0 saturated carbocycles. The summed E-state index contributed by atoms with van der Waals surface area (Å²) in [5.41, 5.74) is 4.25. The maximum absolute atomic E-state index is 12.7. The number of quaternary nitrogens is 1. The topological polar surface area (TPSA) is 125 Å². The summed E-state index contributed by atoms with van der Waals surface area (Å²) in [4.78, 5) is 12.7. The van der Waals surface area contributed by atoms with Crippen LogP contribution in [-0.2, 0) is 29.5 Å². The Hall–Kier alpha value is -2.95. The number of nitrogens with zero attached hydrogens (tertiary/aromatic N) is 4. The van der Waals surface area contributed by atoms with Crippen LogP contribution in [0.15, 0.2) is 42.5 Å². The molecule has 3 aromatic rings. The van der Waals surface area contributed by atoms with Gasteiger partial charge in [-0.15, -0.1) is 0 Å². The number of sulfonamides is 1. The third kappa shape index (κ3) is 7.76. The Morgan fingerprint density at radius 1 is 1.06 bits per heavy atom. The Morgan fingerprint density at radius 3 is 2.42 bits per heavy atom. The average molecular weight is 716 g/mol. The van der Waals surface area contributed by atoms with Gasteiger partial charge in [-0.2, -0.15) is 14.2 Å². The summed E-state index contributed by atoms with van der Waals surface area (Å²) < 4.78 is 28.1. The van der Waals surface area contributed by atoms with Crippen molar-refractivity contribution in [2.75, 3.05) is 45.5 Å². The summed E-state index contributed by atoms with van der Waals surface area (Å²) in [6.45, 7) is 3.65. The molecule has 0 aliphatic carbocycles. The van der Waals surface area contributed by atoms with Gasteiger partial charge in [-0.05, 0) is 74.2 Å². The van der Waals surface area contributed by atoms with Crippen LogP contribution in [0, 0.1) is 23.7 Å². The molecule has 2 fully saturated rings. The molecule has 3 aliphatic heterocycles. The zero-order valence-corrected chi connectivity index (χ0v) is 29.4. The molecule has 0 bridgehead atoms. The van der Waals surface area contributed by atoms with Crippen molar-refractivity contribution < 1.29 is 27.9 Å². The van der Waals surface area contributed by atoms with Gasteiger partial charge in [0.2, 0.25) is 10.0 Å². The first kappa shape index (κ1) is 34.9. The van der Waals surface area contributed by atoms with Crippen molar-refractivity contribution in [2.45, 2.75) is 51.3 Å². The molecule has 3 N–H and O–H groups in total. The van der Waals surface area contributed by atoms with Crippen molar-refractivity contribution in [3.63, 3.8) is 0 Å². The zero-order chi connectivity index (χ0) is 34.1. The number of aliphatic hydroxyl groups excluding tert-OH is 1. The largest absolute Gasteiger partial charge is 0.513 e. The number of rotatable bonds is 7. The van der Waals surface area contributed by atoms with Crippen LogP contribution in [0.2, 0.25) is 10.0 Å². The summed E-state index contributed by atoms with van der Waals surface area (Å²) in [6.07, 6.45) is 3.68. The first-order valence-electron chi connectivity index (χ1n) is 16.5. The van der Waals surface area contributed by atoms with Gasteiger partial charge in [0, 0.05) is 65.3 Å². The van der Waals surface area contributed by atoms with Crippen molar-refractivity contribution in [1.82, 2.24) is 19.4 Å². The number of benzene rings is 2. The van der Waals surface area contributed by atoms with Crippen LogP contribution in [-0.4, -0.2) is 94.9 Å². The number of hydrogen-bond donors (Lipinski definition) is 3. The second-order valence-corrected chi connectivity index (χ2v) is 16.2. The summed E-state index contributed by atoms with van der Waals surface area (Å²) in [6, 6.07) is 12.6. The van der Waals surface area contributed by atoms with Crippen molar-refractivity contribution >= 4 is 39.3 Å². The summed E-state index contributed by atoms with van der Waals surface area (Å²) in [7, 11) is -3.47. The lowest BCUT2D eigenvalue weighted by Gasteiger charge is -2.42. The van der Waals surface area contributed by atoms with Crippen LogP contribution in [0.25, 0.3) is 11.3 Å². The maximum Gasteiger partial charge on any atom is 0.513 e. The van der Waals surface area contributed by atoms with Gasteiger partial charge in [0.1, 0.15) is 12.6 Å². The van der Waals surface area contributed by atoms with E-state index in [0.29, 0.717) is 64.8 Å². The molecule has 48 heavy (non-hydrogen) atoms. The Balaban J connectivity index is 1.26. The maximum atomic E-state index is 12.7. The van der Waals surface area contributed by atoms with E-state index >= 15 is 0 Å². The molecule has 1 atom stereocenters. The van der Waals surface area contributed by atoms with Gasteiger partial charge in [-0.1, -0.05) is 41.1 Å². The summed E-state index contributed by atoms with van der Waals surface area (Å²) in [5.74, 6) is 7.39. The molecule has 10 nitrogen and oxygen atoms in total. The minimum absolute atomic E-state index is 0.0824. The second kappa shape index (κ2) is 14.5. The van der Waals surface area contributed by atoms with E-state index in [9.17, 15) is 23.4 Å². The fourth-order valence-electron chi connectivity index (χ4n) is 7.55. The molecule has 6 rings (SSSR count). The zero-order valence-electron chi connectivity index (χ0n) is 27.0. The smallest absolute Gasteiger partial charge is 0.435 e. The molecule has 2 saturated heterocycles. The lowest BCUT2D eigenvalue weighted by atomic mass is 9.78. The molecule has 0 radical (unpaired) electrons. The quantitative estimate of drug-likeness (QED) is 0.236. The highest BCUT2D eigenvalue weighted by molar-refractivity contribution is 7.88. The number of fused-ring (bicyclic) bond motifs is 1. The molecule has 2 aromatic carbocycles. The molecule has 1 aromatic heterocycles. The molecule has 1 amide bonds. The van der Waals surface area contributed by atoms with Gasteiger partial charge in [0.15, 0.2) is 0 Å². The lowest BCUT2D eigenvalue weighted by Crippen LogP contribution is -2.60. The molecular weight excluding hydrogens is 673 g/mol. The average Bonchev–Trinajstić information content (AvgIpc) is 3.42. The van der Waals surface area contributed by atoms with E-state index in [-0.39, 0.29) is 24.1 Å². The third-order valence-electron chi connectivity index (χ3n) is 10.2. The summed E-state index contributed by atoms with van der Waals surface area (Å²) in [5, 5.41) is 31.2. The Morgan fingerprint density at radius 2 is 1.75 bits per heavy atom. The molecule has 256 valence electrons. The molecule has 0 spiro atoms. The number of nitrogens with one attached hydrogen (secondary N) is 1. The van der Waals surface area contributed by atoms with E-state index in [4.69, 9.17) is 28.3 Å². The van der Waals surface area contributed by atoms with Gasteiger partial charge >= 0.3 is 6.09 Å². The first-order chi connectivity index (χ1) is 22.9. The van der Waals surface area contributed by atoms with E-state index < -0.39 is 22.2 Å². The van der Waals surface area contributed by atoms with Crippen molar-refractivity contribution in [3.05, 3.63) is 74.9 Å². The minimum Gasteiger partial charge on any atom is -0.435 e. The predicted molar refractivity (Wildman–Crippen MR) is 186 cm³/mol. The number of carboxylic acid groups (broad SMARTS) is 1. The number of likely N-dealkylation sites (tertiary alicyclic amines) is 1. The number of carbonyl (C=O) groups is 1. The second-order valence-electron chi connectivity index (χ2n) is 13.4. The fraction of sp³-hybridized carbons (Fsp3) is 0.486. The number of amides is 1. The monoisotopic (exact) mass is 714 g/mol. The molecule has 0 unspecified atom stereocenters. The number of piperidine rings is 2. The van der Waals surface area contributed by atoms with Crippen LogP contribution < -0.4 is 5.32 Å². The van der Waals surface area contributed by atoms with Crippen molar-refractivity contribution in [3.8, 4) is 23.1 Å². The number of halogens is 2. The van der Waals surface area contributed by atoms with Crippen LogP contribution in [0.1, 0.15) is 48.1 Å². The van der Waals surface area contributed by atoms with Crippen LogP contribution >= 0.6 is 23.2 Å². The van der Waals surface area contributed by atoms with E-state index in [0.717, 1.165) is 55.6 Å². The molecular formula is C35H42Cl2N5O5S+. The van der Waals surface area contributed by atoms with Gasteiger partial charge in [-0.25, -0.2) is 12.9 Å². The van der Waals surface area contributed by atoms with Crippen LogP contribution in [0.3, 0.4) is 0 Å². The van der Waals surface area contributed by atoms with Crippen LogP contribution in [0.5, 0.6) is 0 Å². The van der Waals surface area contributed by atoms with Gasteiger partial charge in [-0.3, -0.25) is 4.68 Å². The standard InChI is InChI=1S/C35H41Cl2N5O5S/c1-48(46,47)40-17-12-33-31(22-40)34(28-6-9-32(37)27(20-28)5-2-24-3-7-29(36)8-4-24)39-41(33)21-30(43)23-42(35(44)45)18-13-26(14-19-42)25-10-15-38-16-11-25/h3-4,6-9,20,25-26,30,38,43H,10-19,21-23H2,1H3/p+1/t26?,30-,42?/m1/s1. The third-order valence-corrected chi connectivity index (χ3v) is 12.1. The first-order valence-corrected chi connectivity index (χ1v) is 19.1. The molecule has 4 heterocycles. The predicted octanol–water partition coefficient (Wildman–Crippen LogP) is 4.84. The van der Waals surface area contributed by atoms with Crippen molar-refractivity contribution in [2.24, 2.45) is 11.8 Å². The highest BCUT2D eigenvalue weighted by atomic mass is 35.5. The molecule has 3 aliphatic rings. The Labute approximate surface area is 292 Å². The Bertz CT molecular complexity index is 1820. The van der Waals surface area contributed by atoms with Crippen LogP contribution in [0.4, 0.5) is 4.79 Å². The van der Waals surface area contributed by atoms with E-state index in [1.807, 2.05) is 24.3 Å². The fourth-order valence-corrected chi connectivity index (χ4v) is 8.63. The minimum atomic E-state index is -3.47.